The molecule has 6 atom stereocenters. The van der Waals surface area contributed by atoms with Crippen molar-refractivity contribution in [2.45, 2.75) is 63.1 Å². The van der Waals surface area contributed by atoms with Gasteiger partial charge < -0.3 is 75.0 Å². The van der Waals surface area contributed by atoms with Gasteiger partial charge in [0.15, 0.2) is 29.1 Å². The Morgan fingerprint density at radius 2 is 1.39 bits per heavy atom. The number of rotatable bonds is 19. The molecule has 0 radical (unpaired) electrons. The number of amides is 3. The molecule has 2 aliphatic heterocycles. The molecule has 0 spiro atoms. The number of ether oxygens (including phenoxy) is 6. The van der Waals surface area contributed by atoms with Crippen molar-refractivity contribution in [2.75, 3.05) is 64.0 Å². The van der Waals surface area contributed by atoms with Crippen LogP contribution in [0, 0.1) is 0 Å². The van der Waals surface area contributed by atoms with Crippen LogP contribution >= 0.6 is 0 Å². The number of aromatic nitrogens is 1. The molecule has 388 valence electrons. The number of hydrogen-bond donors (Lipinski definition) is 8. The van der Waals surface area contributed by atoms with Gasteiger partial charge in [-0.15, -0.1) is 0 Å². The average molecular weight is 1020 g/mol. The fourth-order valence-corrected chi connectivity index (χ4v) is 9.31. The number of para-hydroxylation sites is 1. The highest BCUT2D eigenvalue weighted by atomic mass is 16.7. The topological polar surface area (TPSA) is 280 Å². The molecule has 6 aromatic rings. The van der Waals surface area contributed by atoms with Crippen molar-refractivity contribution >= 4 is 51.7 Å². The van der Waals surface area contributed by atoms with Crippen LogP contribution in [0.4, 0.5) is 17.1 Å². The Labute approximate surface area is 426 Å². The van der Waals surface area contributed by atoms with E-state index in [9.17, 15) is 39.6 Å². The summed E-state index contributed by atoms with van der Waals surface area (Å²) in [6.45, 7) is 2.48. The van der Waals surface area contributed by atoms with Crippen LogP contribution in [0.15, 0.2) is 103 Å². The van der Waals surface area contributed by atoms with Crippen molar-refractivity contribution in [3.05, 3.63) is 137 Å². The number of carboxylic acids is 1. The van der Waals surface area contributed by atoms with Crippen LogP contribution in [0.1, 0.15) is 49.4 Å². The second-order valence-electron chi connectivity index (χ2n) is 18.1. The van der Waals surface area contributed by atoms with Crippen molar-refractivity contribution in [1.82, 2.24) is 4.98 Å². The van der Waals surface area contributed by atoms with E-state index in [4.69, 9.17) is 34.2 Å². The maximum Gasteiger partial charge on any atom is 0.335 e. The van der Waals surface area contributed by atoms with Crippen LogP contribution in [-0.4, -0.2) is 132 Å². The molecule has 74 heavy (non-hydrogen) atoms. The Morgan fingerprint density at radius 3 is 2.09 bits per heavy atom. The SMILES string of the molecule is COc1cc2c(cc1OC)C[N+](CCc1ccc(NC(=O)c3cc(OC)c(OC)cc3NC(=O)c3cnc4ccccc4c3)cc1)(Cc1ccc(OC3O[C@H](C(=O)O)[C@@H](O)[C@@H](O)[C@@H]3O)c(NC(=O)CCN)c1)CC2. The molecule has 3 heterocycles. The quantitative estimate of drug-likeness (QED) is 0.0513. The van der Waals surface area contributed by atoms with E-state index in [1.807, 2.05) is 48.5 Å². The monoisotopic (exact) mass is 1020 g/mol. The number of benzene rings is 5. The molecule has 2 aliphatic rings. The predicted molar refractivity (Wildman–Crippen MR) is 272 cm³/mol. The van der Waals surface area contributed by atoms with Crippen molar-refractivity contribution in [3.8, 4) is 28.7 Å². The second-order valence-corrected chi connectivity index (χ2v) is 18.1. The Bertz CT molecular complexity index is 3050. The van der Waals surface area contributed by atoms with Crippen molar-refractivity contribution < 1.29 is 72.5 Å². The van der Waals surface area contributed by atoms with Crippen LogP contribution in [-0.2, 0) is 40.3 Å². The van der Waals surface area contributed by atoms with Crippen LogP contribution in [0.5, 0.6) is 28.7 Å². The van der Waals surface area contributed by atoms with Crippen molar-refractivity contribution in [3.63, 3.8) is 0 Å². The minimum absolute atomic E-state index is 0.0149. The van der Waals surface area contributed by atoms with Crippen LogP contribution in [0.3, 0.4) is 0 Å². The van der Waals surface area contributed by atoms with Gasteiger partial charge in [-0.05, 0) is 71.8 Å². The van der Waals surface area contributed by atoms with Gasteiger partial charge in [0.2, 0.25) is 12.2 Å². The first kappa shape index (κ1) is 52.5. The zero-order chi connectivity index (χ0) is 52.7. The van der Waals surface area contributed by atoms with E-state index in [1.54, 1.807) is 50.6 Å². The molecule has 5 aromatic carbocycles. The summed E-state index contributed by atoms with van der Waals surface area (Å²) in [6, 6.07) is 28.8. The van der Waals surface area contributed by atoms with Gasteiger partial charge in [-0.25, -0.2) is 4.79 Å². The van der Waals surface area contributed by atoms with Crippen LogP contribution < -0.4 is 45.4 Å². The maximum atomic E-state index is 14.0. The number of nitrogens with two attached hydrogens (primary N) is 1. The summed E-state index contributed by atoms with van der Waals surface area (Å²) in [5, 5.41) is 50.5. The summed E-state index contributed by atoms with van der Waals surface area (Å²) in [6.07, 6.45) is -6.50. The van der Waals surface area contributed by atoms with Gasteiger partial charge in [-0.2, -0.15) is 0 Å². The minimum atomic E-state index is -1.92. The van der Waals surface area contributed by atoms with E-state index in [2.05, 4.69) is 20.9 Å². The molecule has 8 rings (SSSR count). The maximum absolute atomic E-state index is 14.0. The summed E-state index contributed by atoms with van der Waals surface area (Å²) >= 11 is 0. The number of methoxy groups -OCH3 is 4. The Balaban J connectivity index is 1.04. The van der Waals surface area contributed by atoms with E-state index < -0.39 is 54.4 Å². The highest BCUT2D eigenvalue weighted by Gasteiger charge is 2.48. The van der Waals surface area contributed by atoms with E-state index in [1.165, 1.54) is 32.5 Å². The van der Waals surface area contributed by atoms with Crippen LogP contribution in [0.2, 0.25) is 0 Å². The van der Waals surface area contributed by atoms with Crippen LogP contribution in [0.25, 0.3) is 10.9 Å². The van der Waals surface area contributed by atoms with E-state index in [-0.39, 0.29) is 41.4 Å². The first-order valence-electron chi connectivity index (χ1n) is 23.8. The standard InChI is InChI=1S/C54H58N6O14/c1-69-42-23-32-17-20-60(29-35(32)24-43(42)70-2,28-31-11-14-41(40(21-31)58-46(61)15-18-55)73-54-49(64)47(62)48(63)50(74-54)53(67)68)19-16-30-9-12-36(13-10-30)57-52(66)37-25-44(71-3)45(72-4)26-39(37)59-51(65)34-22-33-7-5-6-8-38(33)56-27-34/h5-14,21-27,47-50,54,62-64H,15-20,28-29,55H2,1-4H3,(H3-,57,58,59,61,65,66,67,68)/p+1/t47-,48+,49+,50+,54?,60?/m1/s1. The molecule has 0 bridgehead atoms. The van der Waals surface area contributed by atoms with Gasteiger partial charge in [0.25, 0.3) is 11.8 Å². The van der Waals surface area contributed by atoms with Crippen molar-refractivity contribution in [2.24, 2.45) is 5.73 Å². The number of nitrogens with zero attached hydrogens (tertiary/aromatic N) is 2. The van der Waals surface area contributed by atoms with Gasteiger partial charge in [0.05, 0.1) is 69.5 Å². The number of carboxylic acid groups (broad SMARTS) is 1. The number of pyridine rings is 1. The largest absolute Gasteiger partial charge is 0.493 e. The van der Waals surface area contributed by atoms with Gasteiger partial charge in [0.1, 0.15) is 37.2 Å². The molecule has 20 nitrogen and oxygen atoms in total. The van der Waals surface area contributed by atoms with Crippen molar-refractivity contribution in [1.29, 1.82) is 0 Å². The number of aliphatic carboxylic acids is 1. The summed E-state index contributed by atoms with van der Waals surface area (Å²) < 4.78 is 34.2. The number of anilines is 3. The van der Waals surface area contributed by atoms with Gasteiger partial charge >= 0.3 is 5.97 Å². The molecule has 1 saturated heterocycles. The third-order valence-electron chi connectivity index (χ3n) is 13.3. The summed E-state index contributed by atoms with van der Waals surface area (Å²) in [5.41, 5.74) is 11.7. The Kier molecular flexibility index (Phi) is 16.3. The number of carbonyl (C=O) groups is 4. The first-order chi connectivity index (χ1) is 35.6. The predicted octanol–water partition coefficient (Wildman–Crippen LogP) is 4.65. The molecule has 1 fully saturated rings. The molecular formula is C54H59N6O14+. The number of fused-ring (bicyclic) bond motifs is 2. The van der Waals surface area contributed by atoms with Gasteiger partial charge in [-0.3, -0.25) is 19.4 Å². The zero-order valence-corrected chi connectivity index (χ0v) is 41.2. The lowest BCUT2D eigenvalue weighted by Gasteiger charge is -2.43. The lowest BCUT2D eigenvalue weighted by atomic mass is 9.94. The average Bonchev–Trinajstić information content (AvgIpc) is 3.40. The smallest absolute Gasteiger partial charge is 0.335 e. The highest BCUT2D eigenvalue weighted by molar-refractivity contribution is 6.13. The molecule has 20 heteroatoms. The number of hydrogen-bond acceptors (Lipinski definition) is 15. The normalized spacial score (nSPS) is 20.1. The molecule has 9 N–H and O–H groups in total. The van der Waals surface area contributed by atoms with Gasteiger partial charge in [-0.1, -0.05) is 30.3 Å². The third-order valence-corrected chi connectivity index (χ3v) is 13.3. The molecule has 0 aliphatic carbocycles. The Morgan fingerprint density at radius 1 is 0.716 bits per heavy atom. The zero-order valence-electron chi connectivity index (χ0n) is 41.2. The summed E-state index contributed by atoms with van der Waals surface area (Å²) in [4.78, 5) is 56.9. The fraction of sp³-hybridized carbons (Fsp3) is 0.315. The Hall–Kier alpha value is -7.85. The number of aliphatic hydroxyl groups excluding tert-OH is 3. The fourth-order valence-electron chi connectivity index (χ4n) is 9.31. The number of quaternary nitrogens is 1. The molecule has 0 saturated carbocycles. The minimum Gasteiger partial charge on any atom is -0.493 e. The van der Waals surface area contributed by atoms with E-state index >= 15 is 0 Å². The first-order valence-corrected chi connectivity index (χ1v) is 23.8. The second kappa shape index (κ2) is 22.9. The summed E-state index contributed by atoms with van der Waals surface area (Å²) in [7, 11) is 6.09. The molecular weight excluding hydrogens is 957 g/mol. The highest BCUT2D eigenvalue weighted by Crippen LogP contribution is 2.39. The number of nitrogens with one attached hydrogen (secondary N) is 3. The van der Waals surface area contributed by atoms with Gasteiger partial charge in [0, 0.05) is 60.3 Å². The summed E-state index contributed by atoms with van der Waals surface area (Å²) in [5.74, 6) is -1.15. The van der Waals surface area contributed by atoms with E-state index in [0.29, 0.717) is 72.0 Å². The number of aliphatic hydroxyl groups is 3. The third kappa shape index (κ3) is 11.7. The number of carbonyl (C=O) groups excluding carboxylic acids is 3. The molecule has 2 unspecified atom stereocenters. The lowest BCUT2D eigenvalue weighted by molar-refractivity contribution is -0.955. The van der Waals surface area contributed by atoms with E-state index in [0.717, 1.165) is 33.2 Å². The lowest BCUT2D eigenvalue weighted by Crippen LogP contribution is -2.61. The molecule has 3 amide bonds. The molecule has 1 aromatic heterocycles.